The third-order valence-corrected chi connectivity index (χ3v) is 2.58. The number of amides is 1. The van der Waals surface area contributed by atoms with E-state index in [1.165, 1.54) is 5.56 Å². The van der Waals surface area contributed by atoms with Crippen LogP contribution in [0.4, 0.5) is 0 Å². The summed E-state index contributed by atoms with van der Waals surface area (Å²) in [6.45, 7) is 9.75. The number of nitrogens with one attached hydrogen (secondary N) is 2. The highest BCUT2D eigenvalue weighted by molar-refractivity contribution is 5.77. The summed E-state index contributed by atoms with van der Waals surface area (Å²) in [5, 5.41) is 5.94. The van der Waals surface area contributed by atoms with Gasteiger partial charge in [0.05, 0.1) is 0 Å². The van der Waals surface area contributed by atoms with E-state index in [1.54, 1.807) is 6.08 Å². The van der Waals surface area contributed by atoms with Crippen LogP contribution in [0.1, 0.15) is 18.1 Å². The van der Waals surface area contributed by atoms with Gasteiger partial charge in [0.2, 0.25) is 0 Å². The maximum Gasteiger partial charge on any atom is 0.258 e. The van der Waals surface area contributed by atoms with Gasteiger partial charge in [-0.2, -0.15) is 0 Å². The van der Waals surface area contributed by atoms with Crippen LogP contribution in [0.5, 0.6) is 5.75 Å². The van der Waals surface area contributed by atoms with Gasteiger partial charge in [-0.15, -0.1) is 6.58 Å². The molecule has 0 unspecified atom stereocenters. The van der Waals surface area contributed by atoms with Crippen molar-refractivity contribution < 1.29 is 9.53 Å². The number of carbonyl (C=O) groups is 1. The first kappa shape index (κ1) is 15.2. The van der Waals surface area contributed by atoms with Crippen molar-refractivity contribution in [3.8, 4) is 5.75 Å². The summed E-state index contributed by atoms with van der Waals surface area (Å²) in [7, 11) is 0. The molecule has 104 valence electrons. The van der Waals surface area contributed by atoms with E-state index in [1.807, 2.05) is 19.1 Å². The average molecular weight is 262 g/mol. The molecule has 1 rings (SSSR count). The molecule has 0 aromatic heterocycles. The smallest absolute Gasteiger partial charge is 0.258 e. The largest absolute Gasteiger partial charge is 0.483 e. The molecule has 0 aliphatic carbocycles. The van der Waals surface area contributed by atoms with Gasteiger partial charge in [0, 0.05) is 18.7 Å². The Morgan fingerprint density at radius 2 is 2.26 bits per heavy atom. The first-order valence-corrected chi connectivity index (χ1v) is 6.48. The normalized spacial score (nSPS) is 10.0. The first-order chi connectivity index (χ1) is 9.17. The maximum absolute atomic E-state index is 11.5. The Morgan fingerprint density at radius 1 is 1.47 bits per heavy atom. The molecule has 0 spiro atoms. The van der Waals surface area contributed by atoms with E-state index in [4.69, 9.17) is 4.74 Å². The fourth-order valence-corrected chi connectivity index (χ4v) is 1.63. The Labute approximate surface area is 114 Å². The van der Waals surface area contributed by atoms with Gasteiger partial charge in [-0.3, -0.25) is 4.79 Å². The second-order valence-corrected chi connectivity index (χ2v) is 4.27. The highest BCUT2D eigenvalue weighted by atomic mass is 16.5. The minimum absolute atomic E-state index is 0.0238. The molecule has 0 aliphatic rings. The standard InChI is InChI=1S/C15H22N2O2/c1-4-8-17-15(18)11-19-14-7-6-12(3)9-13(14)10-16-5-2/h4,6-7,9,16H,1,5,8,10-11H2,2-3H3,(H,17,18). The summed E-state index contributed by atoms with van der Waals surface area (Å²) >= 11 is 0. The zero-order valence-corrected chi connectivity index (χ0v) is 11.7. The number of hydrogen-bond acceptors (Lipinski definition) is 3. The fourth-order valence-electron chi connectivity index (χ4n) is 1.63. The highest BCUT2D eigenvalue weighted by Gasteiger charge is 2.06. The van der Waals surface area contributed by atoms with Crippen LogP contribution in [0.25, 0.3) is 0 Å². The molecule has 1 amide bonds. The van der Waals surface area contributed by atoms with Crippen molar-refractivity contribution in [2.45, 2.75) is 20.4 Å². The van der Waals surface area contributed by atoms with Gasteiger partial charge in [0.15, 0.2) is 6.61 Å². The van der Waals surface area contributed by atoms with Crippen LogP contribution in [0.15, 0.2) is 30.9 Å². The zero-order valence-electron chi connectivity index (χ0n) is 11.7. The van der Waals surface area contributed by atoms with Crippen LogP contribution < -0.4 is 15.4 Å². The molecule has 4 heteroatoms. The highest BCUT2D eigenvalue weighted by Crippen LogP contribution is 2.19. The Bertz CT molecular complexity index is 430. The quantitative estimate of drug-likeness (QED) is 0.702. The minimum Gasteiger partial charge on any atom is -0.483 e. The van der Waals surface area contributed by atoms with Crippen molar-refractivity contribution >= 4 is 5.91 Å². The van der Waals surface area contributed by atoms with Gasteiger partial charge in [-0.1, -0.05) is 30.7 Å². The molecule has 0 bridgehead atoms. The lowest BCUT2D eigenvalue weighted by molar-refractivity contribution is -0.122. The van der Waals surface area contributed by atoms with Crippen molar-refractivity contribution in [2.75, 3.05) is 19.7 Å². The summed E-state index contributed by atoms with van der Waals surface area (Å²) < 4.78 is 5.56. The summed E-state index contributed by atoms with van der Waals surface area (Å²) in [4.78, 5) is 11.5. The SMILES string of the molecule is C=CCNC(=O)COc1ccc(C)cc1CNCC. The predicted molar refractivity (Wildman–Crippen MR) is 77.3 cm³/mol. The third-order valence-electron chi connectivity index (χ3n) is 2.58. The molecule has 19 heavy (non-hydrogen) atoms. The van der Waals surface area contributed by atoms with E-state index in [2.05, 4.69) is 30.2 Å². The van der Waals surface area contributed by atoms with E-state index in [0.29, 0.717) is 6.54 Å². The predicted octanol–water partition coefficient (Wildman–Crippen LogP) is 1.79. The monoisotopic (exact) mass is 262 g/mol. The van der Waals surface area contributed by atoms with Crippen LogP contribution in [0.2, 0.25) is 0 Å². The van der Waals surface area contributed by atoms with Crippen molar-refractivity contribution in [1.29, 1.82) is 0 Å². The van der Waals surface area contributed by atoms with E-state index < -0.39 is 0 Å². The van der Waals surface area contributed by atoms with Crippen LogP contribution in [0.3, 0.4) is 0 Å². The number of benzene rings is 1. The number of ether oxygens (including phenoxy) is 1. The lowest BCUT2D eigenvalue weighted by Crippen LogP contribution is -2.29. The van der Waals surface area contributed by atoms with Crippen LogP contribution >= 0.6 is 0 Å². The molecule has 0 aliphatic heterocycles. The summed E-state index contributed by atoms with van der Waals surface area (Å²) in [6, 6.07) is 5.95. The lowest BCUT2D eigenvalue weighted by atomic mass is 10.1. The van der Waals surface area contributed by atoms with Crippen molar-refractivity contribution in [2.24, 2.45) is 0 Å². The molecular formula is C15H22N2O2. The molecular weight excluding hydrogens is 240 g/mol. The van der Waals surface area contributed by atoms with Gasteiger partial charge in [-0.25, -0.2) is 0 Å². The van der Waals surface area contributed by atoms with E-state index in [0.717, 1.165) is 24.4 Å². The molecule has 0 heterocycles. The number of aryl methyl sites for hydroxylation is 1. The second kappa shape index (κ2) is 8.32. The first-order valence-electron chi connectivity index (χ1n) is 6.48. The van der Waals surface area contributed by atoms with Crippen LogP contribution in [-0.2, 0) is 11.3 Å². The van der Waals surface area contributed by atoms with Crippen LogP contribution in [-0.4, -0.2) is 25.6 Å². The molecule has 0 saturated carbocycles. The maximum atomic E-state index is 11.5. The van der Waals surface area contributed by atoms with E-state index in [-0.39, 0.29) is 12.5 Å². The Balaban J connectivity index is 2.60. The Hall–Kier alpha value is -1.81. The van der Waals surface area contributed by atoms with Gasteiger partial charge in [0.1, 0.15) is 5.75 Å². The van der Waals surface area contributed by atoms with Crippen LogP contribution in [0, 0.1) is 6.92 Å². The fraction of sp³-hybridized carbons (Fsp3) is 0.400. The summed E-state index contributed by atoms with van der Waals surface area (Å²) in [5.74, 6) is 0.607. The third kappa shape index (κ3) is 5.57. The number of hydrogen-bond donors (Lipinski definition) is 2. The molecule has 4 nitrogen and oxygen atoms in total. The molecule has 1 aromatic carbocycles. The zero-order chi connectivity index (χ0) is 14.1. The minimum atomic E-state index is -0.144. The topological polar surface area (TPSA) is 50.4 Å². The Kier molecular flexibility index (Phi) is 6.68. The Morgan fingerprint density at radius 3 is 2.95 bits per heavy atom. The van der Waals surface area contributed by atoms with Gasteiger partial charge in [-0.05, 0) is 19.5 Å². The van der Waals surface area contributed by atoms with Crippen molar-refractivity contribution in [3.63, 3.8) is 0 Å². The van der Waals surface area contributed by atoms with Crippen molar-refractivity contribution in [3.05, 3.63) is 42.0 Å². The van der Waals surface area contributed by atoms with Gasteiger partial charge < -0.3 is 15.4 Å². The molecule has 0 atom stereocenters. The van der Waals surface area contributed by atoms with E-state index in [9.17, 15) is 4.79 Å². The molecule has 0 saturated heterocycles. The second-order valence-electron chi connectivity index (χ2n) is 4.27. The number of carbonyl (C=O) groups excluding carboxylic acids is 1. The lowest BCUT2D eigenvalue weighted by Gasteiger charge is -2.12. The molecule has 0 fully saturated rings. The average Bonchev–Trinajstić information content (AvgIpc) is 2.41. The van der Waals surface area contributed by atoms with E-state index >= 15 is 0 Å². The van der Waals surface area contributed by atoms with Crippen molar-refractivity contribution in [1.82, 2.24) is 10.6 Å². The molecule has 0 radical (unpaired) electrons. The number of rotatable bonds is 8. The summed E-state index contributed by atoms with van der Waals surface area (Å²) in [5.41, 5.74) is 2.25. The van der Waals surface area contributed by atoms with Gasteiger partial charge in [0.25, 0.3) is 5.91 Å². The molecule has 2 N–H and O–H groups in total. The summed E-state index contributed by atoms with van der Waals surface area (Å²) in [6.07, 6.45) is 1.64. The van der Waals surface area contributed by atoms with Gasteiger partial charge >= 0.3 is 0 Å². The molecule has 1 aromatic rings.